The van der Waals surface area contributed by atoms with Gasteiger partial charge in [-0.25, -0.2) is 4.79 Å². The Morgan fingerprint density at radius 1 is 0.977 bits per heavy atom. The Bertz CT molecular complexity index is 1600. The fraction of sp³-hybridized carbons (Fsp3) is 0.568. The molecule has 1 spiro atoms. The van der Waals surface area contributed by atoms with Gasteiger partial charge in [0.1, 0.15) is 11.6 Å². The van der Waals surface area contributed by atoms with Gasteiger partial charge in [0.2, 0.25) is 0 Å². The van der Waals surface area contributed by atoms with Crippen LogP contribution in [0.4, 0.5) is 0 Å². The van der Waals surface area contributed by atoms with Crippen LogP contribution in [-0.2, 0) is 16.0 Å². The molecule has 10 atom stereocenters. The van der Waals surface area contributed by atoms with E-state index >= 15 is 0 Å². The predicted octanol–water partition coefficient (Wildman–Crippen LogP) is 6.05. The van der Waals surface area contributed by atoms with E-state index in [2.05, 4.69) is 13.8 Å². The van der Waals surface area contributed by atoms with Gasteiger partial charge in [-0.15, -0.1) is 0 Å². The molecule has 1 saturated heterocycles. The first-order valence-corrected chi connectivity index (χ1v) is 16.5. The van der Waals surface area contributed by atoms with Gasteiger partial charge in [0.05, 0.1) is 18.5 Å². The first-order valence-electron chi connectivity index (χ1n) is 16.5. The van der Waals surface area contributed by atoms with Crippen molar-refractivity contribution in [3.05, 3.63) is 82.4 Å². The summed E-state index contributed by atoms with van der Waals surface area (Å²) < 4.78 is 11.8. The molecule has 0 amide bonds. The third kappa shape index (κ3) is 4.65. The SMILES string of the molecule is C[C@]12CC[C@H](O)C[C@H]1CC[C@@H]1[C@@H]2CC[C@]2(C)[C@@H](c3ccc(=O)oc3)C[C@H]3O[C@]132.NC(Cc1ccc2ccccc2c1)C(=O)O. The zero-order chi connectivity index (χ0) is 30.9. The normalized spacial score (nSPS) is 39.1. The Labute approximate surface area is 258 Å². The molecule has 7 heteroatoms. The summed E-state index contributed by atoms with van der Waals surface area (Å²) in [5, 5.41) is 21.2. The van der Waals surface area contributed by atoms with Crippen molar-refractivity contribution in [2.24, 2.45) is 34.3 Å². The van der Waals surface area contributed by atoms with Crippen molar-refractivity contribution in [2.75, 3.05) is 0 Å². The minimum atomic E-state index is -0.965. The third-order valence-electron chi connectivity index (χ3n) is 12.8. The number of ether oxygens (including phenoxy) is 1. The average Bonchev–Trinajstić information content (AvgIpc) is 3.67. The van der Waals surface area contributed by atoms with E-state index in [0.717, 1.165) is 41.5 Å². The molecule has 4 saturated carbocycles. The van der Waals surface area contributed by atoms with Crippen LogP contribution in [0.3, 0.4) is 0 Å². The van der Waals surface area contributed by atoms with Crippen LogP contribution in [0, 0.1) is 28.6 Å². The van der Waals surface area contributed by atoms with Gasteiger partial charge in [0.25, 0.3) is 0 Å². The number of fused-ring (bicyclic) bond motifs is 4. The molecule has 2 aromatic carbocycles. The van der Waals surface area contributed by atoms with Crippen molar-refractivity contribution < 1.29 is 24.2 Å². The van der Waals surface area contributed by atoms with Gasteiger partial charge in [-0.05, 0) is 115 Å². The molecule has 7 nitrogen and oxygen atoms in total. The number of epoxide rings is 1. The monoisotopic (exact) mass is 599 g/mol. The Balaban J connectivity index is 0.000000167. The van der Waals surface area contributed by atoms with Crippen molar-refractivity contribution in [2.45, 2.75) is 101 Å². The lowest BCUT2D eigenvalue weighted by Crippen LogP contribution is -2.58. The van der Waals surface area contributed by atoms with Crippen LogP contribution in [0.5, 0.6) is 0 Å². The molecule has 4 aliphatic carbocycles. The van der Waals surface area contributed by atoms with Crippen LogP contribution in [0.2, 0.25) is 0 Å². The second-order valence-corrected chi connectivity index (χ2v) is 14.8. The summed E-state index contributed by atoms with van der Waals surface area (Å²) in [6, 6.07) is 16.6. The van der Waals surface area contributed by atoms with Crippen LogP contribution in [0.1, 0.15) is 82.3 Å². The molecular formula is C37H45NO6. The number of aliphatic carboxylic acids is 1. The summed E-state index contributed by atoms with van der Waals surface area (Å²) in [6.45, 7) is 4.97. The third-order valence-corrected chi connectivity index (χ3v) is 12.8. The lowest BCUT2D eigenvalue weighted by Gasteiger charge is -2.61. The number of carboxylic acid groups (broad SMARTS) is 1. The summed E-state index contributed by atoms with van der Waals surface area (Å²) >= 11 is 0. The summed E-state index contributed by atoms with van der Waals surface area (Å²) in [7, 11) is 0. The molecule has 2 heterocycles. The van der Waals surface area contributed by atoms with Crippen LogP contribution in [0.25, 0.3) is 10.8 Å². The van der Waals surface area contributed by atoms with E-state index in [-0.39, 0.29) is 22.7 Å². The summed E-state index contributed by atoms with van der Waals surface area (Å²) in [6.07, 6.45) is 11.5. The first-order chi connectivity index (χ1) is 21.0. The lowest BCUT2D eigenvalue weighted by molar-refractivity contribution is -0.139. The maximum atomic E-state index is 11.4. The Kier molecular flexibility index (Phi) is 7.30. The number of benzene rings is 2. The topological polar surface area (TPSA) is 126 Å². The highest BCUT2D eigenvalue weighted by molar-refractivity contribution is 5.83. The zero-order valence-electron chi connectivity index (χ0n) is 25.8. The number of hydrogen-bond acceptors (Lipinski definition) is 6. The summed E-state index contributed by atoms with van der Waals surface area (Å²) in [5.74, 6) is 1.51. The average molecular weight is 600 g/mol. The molecular weight excluding hydrogens is 554 g/mol. The number of aliphatic hydroxyl groups is 1. The number of carbonyl (C=O) groups is 1. The number of aliphatic hydroxyl groups excluding tert-OH is 1. The molecule has 3 aromatic rings. The molecule has 1 aliphatic heterocycles. The highest BCUT2D eigenvalue weighted by Crippen LogP contribution is 2.77. The largest absolute Gasteiger partial charge is 0.480 e. The van der Waals surface area contributed by atoms with Gasteiger partial charge in [-0.3, -0.25) is 4.79 Å². The minimum absolute atomic E-state index is 0.0285. The second kappa shape index (κ2) is 10.8. The Hall–Kier alpha value is -3.00. The van der Waals surface area contributed by atoms with Gasteiger partial charge in [0.15, 0.2) is 0 Å². The maximum Gasteiger partial charge on any atom is 0.335 e. The molecule has 4 N–H and O–H groups in total. The van der Waals surface area contributed by atoms with E-state index < -0.39 is 12.0 Å². The quantitative estimate of drug-likeness (QED) is 0.312. The minimum Gasteiger partial charge on any atom is -0.480 e. The van der Waals surface area contributed by atoms with Crippen LogP contribution in [-0.4, -0.2) is 40.0 Å². The van der Waals surface area contributed by atoms with E-state index in [0.29, 0.717) is 35.7 Å². The van der Waals surface area contributed by atoms with Gasteiger partial charge in [-0.2, -0.15) is 0 Å². The fourth-order valence-corrected chi connectivity index (χ4v) is 10.4. The molecule has 44 heavy (non-hydrogen) atoms. The second-order valence-electron chi connectivity index (χ2n) is 14.8. The van der Waals surface area contributed by atoms with Crippen LogP contribution < -0.4 is 11.4 Å². The molecule has 5 aliphatic rings. The van der Waals surface area contributed by atoms with Gasteiger partial charge in [-0.1, -0.05) is 56.3 Å². The lowest BCUT2D eigenvalue weighted by atomic mass is 9.44. The van der Waals surface area contributed by atoms with E-state index in [1.807, 2.05) is 48.5 Å². The highest BCUT2D eigenvalue weighted by Gasteiger charge is 2.80. The number of nitrogens with two attached hydrogens (primary N) is 1. The van der Waals surface area contributed by atoms with Gasteiger partial charge < -0.3 is 25.1 Å². The van der Waals surface area contributed by atoms with Crippen molar-refractivity contribution in [1.29, 1.82) is 0 Å². The number of carboxylic acids is 1. The molecule has 8 rings (SSSR count). The molecule has 5 fully saturated rings. The summed E-state index contributed by atoms with van der Waals surface area (Å²) in [5.41, 5.74) is 7.89. The van der Waals surface area contributed by atoms with Crippen molar-refractivity contribution in [1.82, 2.24) is 0 Å². The van der Waals surface area contributed by atoms with E-state index in [1.54, 1.807) is 12.3 Å². The van der Waals surface area contributed by atoms with E-state index in [9.17, 15) is 14.7 Å². The van der Waals surface area contributed by atoms with Crippen molar-refractivity contribution >= 4 is 16.7 Å². The zero-order valence-corrected chi connectivity index (χ0v) is 25.8. The maximum absolute atomic E-state index is 11.4. The fourth-order valence-electron chi connectivity index (χ4n) is 10.4. The molecule has 0 bridgehead atoms. The Morgan fingerprint density at radius 3 is 2.52 bits per heavy atom. The van der Waals surface area contributed by atoms with Crippen LogP contribution in [0.15, 0.2) is 70.1 Å². The van der Waals surface area contributed by atoms with Crippen LogP contribution >= 0.6 is 0 Å². The Morgan fingerprint density at radius 2 is 1.77 bits per heavy atom. The van der Waals surface area contributed by atoms with Gasteiger partial charge in [0, 0.05) is 11.5 Å². The molecule has 0 radical (unpaired) electrons. The predicted molar refractivity (Wildman–Crippen MR) is 168 cm³/mol. The number of rotatable bonds is 4. The van der Waals surface area contributed by atoms with E-state index in [4.69, 9.17) is 20.0 Å². The first kappa shape index (κ1) is 29.7. The number of hydrogen-bond donors (Lipinski definition) is 3. The molecule has 1 unspecified atom stereocenters. The van der Waals surface area contributed by atoms with Crippen molar-refractivity contribution in [3.63, 3.8) is 0 Å². The van der Waals surface area contributed by atoms with Crippen molar-refractivity contribution in [3.8, 4) is 0 Å². The highest BCUT2D eigenvalue weighted by atomic mass is 16.6. The van der Waals surface area contributed by atoms with E-state index in [1.165, 1.54) is 37.7 Å². The molecule has 1 aromatic heterocycles. The molecule has 234 valence electrons. The smallest absolute Gasteiger partial charge is 0.335 e. The van der Waals surface area contributed by atoms with Gasteiger partial charge >= 0.3 is 11.6 Å². The summed E-state index contributed by atoms with van der Waals surface area (Å²) in [4.78, 5) is 22.1. The standard InChI is InChI=1S/C24H32O4.C13H13NO2/c1-22-9-7-16(25)11-15(22)4-5-18-17(22)8-10-23(2)19(12-20-24(18,23)28-20)14-3-6-21(26)27-13-14;14-12(13(15)16)8-9-5-6-10-3-1-2-4-11(10)7-9/h3,6,13,15-20,25H,4-5,7-12H2,1-2H3;1-7,12H,8,14H2,(H,15,16)/t15-,16+,17+,18-,19-,20-,22+,23-,24-;/m1./s1.